The molecule has 0 saturated heterocycles. The van der Waals surface area contributed by atoms with Crippen molar-refractivity contribution in [3.05, 3.63) is 205 Å². The normalized spacial score (nSPS) is 12.3. The molecule has 5 nitrogen and oxygen atoms in total. The summed E-state index contributed by atoms with van der Waals surface area (Å²) in [5.74, 6) is 0.919. The Morgan fingerprint density at radius 2 is 1.09 bits per heavy atom. The molecule has 0 atom stereocenters. The van der Waals surface area contributed by atoms with E-state index >= 15 is 0 Å². The van der Waals surface area contributed by atoms with Gasteiger partial charge in [-0.15, -0.1) is 0 Å². The first-order valence-electron chi connectivity index (χ1n) is 18.7. The van der Waals surface area contributed by atoms with E-state index in [0.717, 1.165) is 93.9 Å². The number of aliphatic imine (C=N–C) groups is 2. The van der Waals surface area contributed by atoms with E-state index in [1.54, 1.807) is 0 Å². The number of nitrogens with two attached hydrogens (primary N) is 1. The summed E-state index contributed by atoms with van der Waals surface area (Å²) in [4.78, 5) is 10.1. The van der Waals surface area contributed by atoms with Gasteiger partial charge in [0.05, 0.1) is 6.54 Å². The average molecular weight is 722 g/mol. The van der Waals surface area contributed by atoms with Gasteiger partial charge in [0, 0.05) is 38.2 Å². The van der Waals surface area contributed by atoms with Gasteiger partial charge in [0.25, 0.3) is 0 Å². The van der Waals surface area contributed by atoms with E-state index < -0.39 is 0 Å². The van der Waals surface area contributed by atoms with Crippen LogP contribution in [0.15, 0.2) is 207 Å². The maximum Gasteiger partial charge on any atom is 0.157 e. The van der Waals surface area contributed by atoms with Crippen LogP contribution in [0.5, 0.6) is 0 Å². The molecule has 266 valence electrons. The minimum atomic E-state index is 0.359. The molecule has 0 fully saturated rings. The van der Waals surface area contributed by atoms with E-state index in [9.17, 15) is 0 Å². The van der Waals surface area contributed by atoms with Gasteiger partial charge in [0.2, 0.25) is 0 Å². The maximum atomic E-state index is 7.00. The van der Waals surface area contributed by atoms with Crippen LogP contribution in [-0.2, 0) is 6.54 Å². The van der Waals surface area contributed by atoms with Crippen molar-refractivity contribution in [2.75, 3.05) is 0 Å². The maximum absolute atomic E-state index is 7.00. The lowest BCUT2D eigenvalue weighted by atomic mass is 9.93. The van der Waals surface area contributed by atoms with Gasteiger partial charge in [-0.1, -0.05) is 158 Å². The van der Waals surface area contributed by atoms with Gasteiger partial charge in [-0.25, -0.2) is 4.99 Å². The monoisotopic (exact) mass is 721 g/mol. The Hall–Kier alpha value is -7.50. The summed E-state index contributed by atoms with van der Waals surface area (Å²) >= 11 is 0. The molecule has 2 aromatic heterocycles. The predicted octanol–water partition coefficient (Wildman–Crippen LogP) is 12.8. The number of hydrogen-bond donors (Lipinski definition) is 1. The van der Waals surface area contributed by atoms with Crippen LogP contribution < -0.4 is 5.73 Å². The lowest BCUT2D eigenvalue weighted by molar-refractivity contribution is 0.669. The largest absolute Gasteiger partial charge is 0.456 e. The van der Waals surface area contributed by atoms with Gasteiger partial charge in [0.1, 0.15) is 28.2 Å². The number of para-hydroxylation sites is 1. The second kappa shape index (κ2) is 14.0. The van der Waals surface area contributed by atoms with Gasteiger partial charge in [-0.3, -0.25) is 4.99 Å². The molecule has 5 heteroatoms. The quantitative estimate of drug-likeness (QED) is 0.131. The summed E-state index contributed by atoms with van der Waals surface area (Å²) in [5.41, 5.74) is 19.5. The van der Waals surface area contributed by atoms with Crippen molar-refractivity contribution in [1.29, 1.82) is 0 Å². The second-order valence-corrected chi connectivity index (χ2v) is 13.9. The van der Waals surface area contributed by atoms with Gasteiger partial charge in [-0.05, 0) is 63.7 Å². The Labute approximate surface area is 323 Å². The molecule has 56 heavy (non-hydrogen) atoms. The van der Waals surface area contributed by atoms with Crippen LogP contribution in [0.2, 0.25) is 0 Å². The number of furan rings is 2. The first kappa shape index (κ1) is 33.1. The first-order valence-corrected chi connectivity index (χ1v) is 18.7. The highest BCUT2D eigenvalue weighted by molar-refractivity contribution is 6.22. The van der Waals surface area contributed by atoms with Crippen molar-refractivity contribution in [2.45, 2.75) is 6.54 Å². The Morgan fingerprint density at radius 1 is 0.464 bits per heavy atom. The van der Waals surface area contributed by atoms with Crippen LogP contribution in [0.4, 0.5) is 0 Å². The molecule has 8 aromatic carbocycles. The highest BCUT2D eigenvalue weighted by atomic mass is 16.3. The van der Waals surface area contributed by atoms with Crippen molar-refractivity contribution >= 4 is 55.5 Å². The summed E-state index contributed by atoms with van der Waals surface area (Å²) in [7, 11) is 0. The number of hydrogen-bond acceptors (Lipinski definition) is 3. The third-order valence-corrected chi connectivity index (χ3v) is 10.4. The number of rotatable bonds is 7. The lowest BCUT2D eigenvalue weighted by Crippen LogP contribution is -2.17. The third-order valence-electron chi connectivity index (χ3n) is 10.4. The molecule has 0 saturated carbocycles. The van der Waals surface area contributed by atoms with E-state index in [4.69, 9.17) is 24.6 Å². The summed E-state index contributed by atoms with van der Waals surface area (Å²) in [6.07, 6.45) is 0. The molecule has 0 radical (unpaired) electrons. The molecule has 0 unspecified atom stereocenters. The molecule has 0 bridgehead atoms. The zero-order chi connectivity index (χ0) is 37.4. The van der Waals surface area contributed by atoms with Crippen molar-refractivity contribution in [3.8, 4) is 33.4 Å². The summed E-state index contributed by atoms with van der Waals surface area (Å²) in [6, 6.07) is 64.2. The van der Waals surface area contributed by atoms with Crippen molar-refractivity contribution in [3.63, 3.8) is 0 Å². The van der Waals surface area contributed by atoms with Crippen molar-refractivity contribution in [2.24, 2.45) is 15.7 Å². The molecule has 0 amide bonds. The summed E-state index contributed by atoms with van der Waals surface area (Å²) < 4.78 is 13.0. The SMILES string of the molecule is NC(=NC(=NCc1ccccc1)c1ccc(-c2ccccc2)cc1)c1cccc2oc3ccc(-c4ccc(-c5ccccc5)c5oc6ccccc6c45)cc3c12. The van der Waals surface area contributed by atoms with Gasteiger partial charge in [-0.2, -0.15) is 0 Å². The standard InChI is InChI=1S/C51H35N3O2/c52-50(54-51(53-32-33-13-4-1-5-14-33)37-25-23-35(24-26-37)34-15-6-2-7-16-34)42-20-12-22-46-47(42)43-31-38(27-30-45(43)55-46)39-28-29-40(36-17-8-3-9-18-36)49-48(39)41-19-10-11-21-44(41)56-49/h1-31H,32H2,(H2,52,53,54). The molecular weight excluding hydrogens is 687 g/mol. The average Bonchev–Trinajstić information content (AvgIpc) is 3.85. The molecular formula is C51H35N3O2. The number of amidine groups is 2. The van der Waals surface area contributed by atoms with Crippen molar-refractivity contribution < 1.29 is 8.83 Å². The lowest BCUT2D eigenvalue weighted by Gasteiger charge is -2.09. The number of benzene rings is 8. The predicted molar refractivity (Wildman–Crippen MR) is 231 cm³/mol. The summed E-state index contributed by atoms with van der Waals surface area (Å²) in [6.45, 7) is 0.468. The van der Waals surface area contributed by atoms with E-state index in [1.807, 2.05) is 78.9 Å². The Balaban J connectivity index is 1.10. The highest BCUT2D eigenvalue weighted by Crippen LogP contribution is 2.43. The van der Waals surface area contributed by atoms with Crippen LogP contribution in [0.25, 0.3) is 77.3 Å². The Kier molecular flexibility index (Phi) is 8.30. The Morgan fingerprint density at radius 3 is 1.88 bits per heavy atom. The topological polar surface area (TPSA) is 77.0 Å². The molecule has 0 aliphatic rings. The third kappa shape index (κ3) is 6.02. The molecule has 0 spiro atoms. The van der Waals surface area contributed by atoms with E-state index in [2.05, 4.69) is 109 Å². The van der Waals surface area contributed by atoms with Crippen LogP contribution in [0.3, 0.4) is 0 Å². The fourth-order valence-electron chi connectivity index (χ4n) is 7.68. The minimum Gasteiger partial charge on any atom is -0.456 e. The number of fused-ring (bicyclic) bond motifs is 6. The van der Waals surface area contributed by atoms with Gasteiger partial charge in [0.15, 0.2) is 5.84 Å². The first-order chi connectivity index (χ1) is 27.7. The van der Waals surface area contributed by atoms with E-state index in [-0.39, 0.29) is 0 Å². The minimum absolute atomic E-state index is 0.359. The van der Waals surface area contributed by atoms with Crippen molar-refractivity contribution in [1.82, 2.24) is 0 Å². The molecule has 10 rings (SSSR count). The molecule has 2 N–H and O–H groups in total. The highest BCUT2D eigenvalue weighted by Gasteiger charge is 2.20. The molecule has 0 aliphatic heterocycles. The Bertz CT molecular complexity index is 3090. The van der Waals surface area contributed by atoms with Crippen LogP contribution >= 0.6 is 0 Å². The molecule has 2 heterocycles. The van der Waals surface area contributed by atoms with Crippen LogP contribution in [-0.4, -0.2) is 11.7 Å². The van der Waals surface area contributed by atoms with Crippen LogP contribution in [0.1, 0.15) is 16.7 Å². The molecule has 10 aromatic rings. The van der Waals surface area contributed by atoms with E-state index in [0.29, 0.717) is 18.2 Å². The molecule has 0 aliphatic carbocycles. The van der Waals surface area contributed by atoms with E-state index in [1.165, 1.54) is 0 Å². The van der Waals surface area contributed by atoms with Gasteiger partial charge >= 0.3 is 0 Å². The second-order valence-electron chi connectivity index (χ2n) is 13.9. The fourth-order valence-corrected chi connectivity index (χ4v) is 7.68. The number of nitrogens with zero attached hydrogens (tertiary/aromatic N) is 2. The summed E-state index contributed by atoms with van der Waals surface area (Å²) in [5, 5.41) is 4.01. The van der Waals surface area contributed by atoms with Gasteiger partial charge < -0.3 is 14.6 Å². The van der Waals surface area contributed by atoms with Crippen LogP contribution in [0, 0.1) is 0 Å². The fraction of sp³-hybridized carbons (Fsp3) is 0.0196. The zero-order valence-electron chi connectivity index (χ0n) is 30.4. The smallest absolute Gasteiger partial charge is 0.157 e. The zero-order valence-corrected chi connectivity index (χ0v) is 30.4.